The SMILES string of the molecule is CC(=O)OCCSc1nc2ccc(NC(=O)C(Cc3c[nH]c4ccccc34)NC=O)cc2s1. The van der Waals surface area contributed by atoms with Crippen LogP contribution in [0.4, 0.5) is 5.69 Å². The van der Waals surface area contributed by atoms with E-state index in [-0.39, 0.29) is 11.9 Å². The van der Waals surface area contributed by atoms with Gasteiger partial charge in [-0.3, -0.25) is 14.4 Å². The maximum atomic E-state index is 12.9. The van der Waals surface area contributed by atoms with Crippen LogP contribution in [-0.2, 0) is 25.5 Å². The van der Waals surface area contributed by atoms with Crippen LogP contribution >= 0.6 is 23.1 Å². The number of hydrogen-bond donors (Lipinski definition) is 3. The molecule has 0 radical (unpaired) electrons. The molecule has 8 nitrogen and oxygen atoms in total. The molecule has 0 saturated heterocycles. The van der Waals surface area contributed by atoms with Gasteiger partial charge < -0.3 is 20.4 Å². The van der Waals surface area contributed by atoms with Crippen LogP contribution in [0.1, 0.15) is 12.5 Å². The number of aromatic amines is 1. The highest BCUT2D eigenvalue weighted by molar-refractivity contribution is 8.01. The zero-order chi connectivity index (χ0) is 23.2. The topological polar surface area (TPSA) is 113 Å². The molecule has 2 aromatic carbocycles. The zero-order valence-corrected chi connectivity index (χ0v) is 19.4. The number of nitrogens with zero attached hydrogens (tertiary/aromatic N) is 1. The van der Waals surface area contributed by atoms with E-state index in [1.165, 1.54) is 30.0 Å². The van der Waals surface area contributed by atoms with Crippen LogP contribution in [0.2, 0.25) is 0 Å². The number of para-hydroxylation sites is 1. The predicted molar refractivity (Wildman–Crippen MR) is 131 cm³/mol. The van der Waals surface area contributed by atoms with Gasteiger partial charge in [-0.2, -0.15) is 0 Å². The van der Waals surface area contributed by atoms with Crippen molar-refractivity contribution in [2.75, 3.05) is 17.7 Å². The van der Waals surface area contributed by atoms with Gasteiger partial charge in [-0.15, -0.1) is 11.3 Å². The van der Waals surface area contributed by atoms with Crippen molar-refractivity contribution in [3.63, 3.8) is 0 Å². The number of benzene rings is 2. The molecule has 0 aliphatic rings. The average molecular weight is 483 g/mol. The molecule has 2 amide bonds. The van der Waals surface area contributed by atoms with Gasteiger partial charge in [-0.05, 0) is 29.8 Å². The van der Waals surface area contributed by atoms with Gasteiger partial charge in [0.15, 0.2) is 4.34 Å². The second-order valence-electron chi connectivity index (χ2n) is 7.24. The van der Waals surface area contributed by atoms with E-state index in [9.17, 15) is 14.4 Å². The molecule has 0 saturated carbocycles. The number of anilines is 1. The zero-order valence-electron chi connectivity index (χ0n) is 17.8. The van der Waals surface area contributed by atoms with E-state index in [0.29, 0.717) is 30.9 Å². The van der Waals surface area contributed by atoms with Gasteiger partial charge in [0.2, 0.25) is 12.3 Å². The summed E-state index contributed by atoms with van der Waals surface area (Å²) in [7, 11) is 0. The Hall–Kier alpha value is -3.37. The number of thioether (sulfide) groups is 1. The molecule has 0 aliphatic heterocycles. The van der Waals surface area contributed by atoms with E-state index in [1.807, 2.05) is 42.6 Å². The second-order valence-corrected chi connectivity index (χ2v) is 9.61. The van der Waals surface area contributed by atoms with Crippen LogP contribution < -0.4 is 10.6 Å². The Balaban J connectivity index is 1.43. The first-order chi connectivity index (χ1) is 16.0. The Kier molecular flexibility index (Phi) is 7.26. The summed E-state index contributed by atoms with van der Waals surface area (Å²) >= 11 is 3.02. The highest BCUT2D eigenvalue weighted by Crippen LogP contribution is 2.31. The van der Waals surface area contributed by atoms with Gasteiger partial charge in [0, 0.05) is 41.9 Å². The molecule has 3 N–H and O–H groups in total. The lowest BCUT2D eigenvalue weighted by molar-refractivity contribution is -0.140. The number of fused-ring (bicyclic) bond motifs is 2. The van der Waals surface area contributed by atoms with E-state index >= 15 is 0 Å². The van der Waals surface area contributed by atoms with Crippen molar-refractivity contribution in [2.24, 2.45) is 0 Å². The number of amides is 2. The number of ether oxygens (including phenoxy) is 1. The maximum Gasteiger partial charge on any atom is 0.302 e. The second kappa shape index (κ2) is 10.5. The van der Waals surface area contributed by atoms with Gasteiger partial charge in [0.05, 0.1) is 10.2 Å². The highest BCUT2D eigenvalue weighted by atomic mass is 32.2. The van der Waals surface area contributed by atoms with E-state index in [4.69, 9.17) is 4.74 Å². The van der Waals surface area contributed by atoms with Crippen molar-refractivity contribution in [1.82, 2.24) is 15.3 Å². The number of hydrogen-bond acceptors (Lipinski definition) is 7. The first kappa shape index (κ1) is 22.8. The highest BCUT2D eigenvalue weighted by Gasteiger charge is 2.20. The Labute approximate surface area is 198 Å². The van der Waals surface area contributed by atoms with E-state index in [1.54, 1.807) is 6.07 Å². The lowest BCUT2D eigenvalue weighted by Gasteiger charge is -2.16. The number of carbonyl (C=O) groups is 3. The number of nitrogens with one attached hydrogen (secondary N) is 3. The quantitative estimate of drug-likeness (QED) is 0.137. The molecule has 0 bridgehead atoms. The first-order valence-corrected chi connectivity index (χ1v) is 12.1. The molecular formula is C23H22N4O4S2. The Morgan fingerprint density at radius 3 is 2.94 bits per heavy atom. The van der Waals surface area contributed by atoms with Gasteiger partial charge >= 0.3 is 5.97 Å². The van der Waals surface area contributed by atoms with Crippen molar-refractivity contribution in [3.05, 3.63) is 54.2 Å². The normalized spacial score (nSPS) is 11.9. The third-order valence-electron chi connectivity index (χ3n) is 4.94. The van der Waals surface area contributed by atoms with Gasteiger partial charge in [-0.1, -0.05) is 30.0 Å². The molecule has 170 valence electrons. The number of carbonyl (C=O) groups excluding carboxylic acids is 3. The summed E-state index contributed by atoms with van der Waals surface area (Å²) in [5.41, 5.74) is 3.39. The number of thiazole rings is 1. The minimum atomic E-state index is -0.716. The molecule has 2 heterocycles. The predicted octanol–water partition coefficient (Wildman–Crippen LogP) is 3.73. The number of rotatable bonds is 10. The van der Waals surface area contributed by atoms with E-state index in [0.717, 1.165) is 31.0 Å². The molecule has 4 aromatic rings. The van der Waals surface area contributed by atoms with Crippen LogP contribution in [0.25, 0.3) is 21.1 Å². The molecule has 4 rings (SSSR count). The molecule has 0 spiro atoms. The molecule has 0 fully saturated rings. The van der Waals surface area contributed by atoms with Gasteiger partial charge in [-0.25, -0.2) is 4.98 Å². The van der Waals surface area contributed by atoms with Crippen LogP contribution in [0.15, 0.2) is 53.0 Å². The summed E-state index contributed by atoms with van der Waals surface area (Å²) in [5, 5.41) is 6.55. The van der Waals surface area contributed by atoms with Crippen LogP contribution in [0, 0.1) is 0 Å². The third kappa shape index (κ3) is 5.71. The van der Waals surface area contributed by atoms with Crippen LogP contribution in [0.3, 0.4) is 0 Å². The summed E-state index contributed by atoms with van der Waals surface area (Å²) in [4.78, 5) is 42.7. The minimum absolute atomic E-state index is 0.299. The lowest BCUT2D eigenvalue weighted by Crippen LogP contribution is -2.41. The monoisotopic (exact) mass is 482 g/mol. The van der Waals surface area contributed by atoms with Crippen molar-refractivity contribution >= 4 is 68.2 Å². The van der Waals surface area contributed by atoms with Crippen molar-refractivity contribution < 1.29 is 19.1 Å². The summed E-state index contributed by atoms with van der Waals surface area (Å²) in [6.07, 6.45) is 2.77. The molecule has 0 aliphatic carbocycles. The fourth-order valence-electron chi connectivity index (χ4n) is 3.42. The molecule has 1 atom stereocenters. The number of H-pyrrole nitrogens is 1. The van der Waals surface area contributed by atoms with Crippen molar-refractivity contribution in [2.45, 2.75) is 23.7 Å². The largest absolute Gasteiger partial charge is 0.465 e. The summed E-state index contributed by atoms with van der Waals surface area (Å²) < 4.78 is 6.73. The van der Waals surface area contributed by atoms with E-state index < -0.39 is 6.04 Å². The summed E-state index contributed by atoms with van der Waals surface area (Å²) in [5.74, 6) is 0.0233. The van der Waals surface area contributed by atoms with Crippen molar-refractivity contribution in [3.8, 4) is 0 Å². The fourth-order valence-corrected chi connectivity index (χ4v) is 5.41. The smallest absolute Gasteiger partial charge is 0.302 e. The Bertz CT molecular complexity index is 1300. The minimum Gasteiger partial charge on any atom is -0.465 e. The molecule has 2 aromatic heterocycles. The summed E-state index contributed by atoms with van der Waals surface area (Å²) in [6, 6.07) is 12.6. The lowest BCUT2D eigenvalue weighted by atomic mass is 10.0. The Morgan fingerprint density at radius 1 is 1.27 bits per heavy atom. The maximum absolute atomic E-state index is 12.9. The Morgan fingerprint density at radius 2 is 2.12 bits per heavy atom. The fraction of sp³-hybridized carbons (Fsp3) is 0.217. The first-order valence-electron chi connectivity index (χ1n) is 10.3. The number of aromatic nitrogens is 2. The average Bonchev–Trinajstić information content (AvgIpc) is 3.39. The van der Waals surface area contributed by atoms with Crippen LogP contribution in [0.5, 0.6) is 0 Å². The van der Waals surface area contributed by atoms with Gasteiger partial charge in [0.1, 0.15) is 12.6 Å². The molecule has 1 unspecified atom stereocenters. The number of esters is 1. The van der Waals surface area contributed by atoms with Crippen molar-refractivity contribution in [1.29, 1.82) is 0 Å². The van der Waals surface area contributed by atoms with Gasteiger partial charge in [0.25, 0.3) is 0 Å². The van der Waals surface area contributed by atoms with E-state index in [2.05, 4.69) is 20.6 Å². The molecular weight excluding hydrogens is 460 g/mol. The molecule has 10 heteroatoms. The third-order valence-corrected chi connectivity index (χ3v) is 7.06. The molecule has 33 heavy (non-hydrogen) atoms. The van der Waals surface area contributed by atoms with Crippen LogP contribution in [-0.4, -0.2) is 46.7 Å². The standard InChI is InChI=1S/C23H22N4O4S2/c1-14(29)31-8-9-32-23-27-19-7-6-16(11-21(19)33-23)26-22(30)20(25-13-28)10-15-12-24-18-5-3-2-4-17(15)18/h2-7,11-13,20,24H,8-10H2,1H3,(H,25,28)(H,26,30). The summed E-state index contributed by atoms with van der Waals surface area (Å²) in [6.45, 7) is 1.71.